The number of aromatic nitrogens is 2. The second kappa shape index (κ2) is 7.00. The van der Waals surface area contributed by atoms with Gasteiger partial charge in [0.25, 0.3) is 0 Å². The number of thiophene rings is 1. The van der Waals surface area contributed by atoms with E-state index in [1.165, 1.54) is 16.0 Å². The van der Waals surface area contributed by atoms with Crippen molar-refractivity contribution in [3.63, 3.8) is 0 Å². The van der Waals surface area contributed by atoms with Gasteiger partial charge in [0.1, 0.15) is 16.2 Å². The number of amides is 1. The Morgan fingerprint density at radius 2 is 2.08 bits per heavy atom. The van der Waals surface area contributed by atoms with Crippen molar-refractivity contribution in [1.29, 1.82) is 0 Å². The number of hydrogen-bond acceptors (Lipinski definition) is 5. The summed E-state index contributed by atoms with van der Waals surface area (Å²) < 4.78 is 0. The number of fused-ring (bicyclic) bond motifs is 2. The van der Waals surface area contributed by atoms with Crippen LogP contribution in [0, 0.1) is 13.8 Å². The highest BCUT2D eigenvalue weighted by molar-refractivity contribution is 8.00. The Labute approximate surface area is 161 Å². The number of nitrogens with zero attached hydrogens (tertiary/aromatic N) is 3. The van der Waals surface area contributed by atoms with Crippen molar-refractivity contribution >= 4 is 44.9 Å². The number of hydrogen-bond donors (Lipinski definition) is 0. The minimum atomic E-state index is -0.195. The van der Waals surface area contributed by atoms with Crippen molar-refractivity contribution in [1.82, 2.24) is 9.97 Å². The van der Waals surface area contributed by atoms with E-state index in [0.29, 0.717) is 0 Å². The summed E-state index contributed by atoms with van der Waals surface area (Å²) >= 11 is 3.23. The lowest BCUT2D eigenvalue weighted by Crippen LogP contribution is -2.40. The van der Waals surface area contributed by atoms with E-state index in [0.717, 1.165) is 40.3 Å². The molecule has 0 aliphatic carbocycles. The minimum Gasteiger partial charge on any atom is -0.311 e. The Balaban J connectivity index is 1.62. The Morgan fingerprint density at radius 1 is 1.27 bits per heavy atom. The van der Waals surface area contributed by atoms with E-state index >= 15 is 0 Å². The summed E-state index contributed by atoms with van der Waals surface area (Å²) in [7, 11) is 0. The van der Waals surface area contributed by atoms with Gasteiger partial charge in [-0.3, -0.25) is 4.79 Å². The molecule has 6 heteroatoms. The van der Waals surface area contributed by atoms with Crippen LogP contribution in [0.15, 0.2) is 35.6 Å². The zero-order chi connectivity index (χ0) is 18.3. The molecule has 1 amide bonds. The van der Waals surface area contributed by atoms with Gasteiger partial charge in [0.15, 0.2) is 0 Å². The lowest BCUT2D eigenvalue weighted by atomic mass is 10.0. The van der Waals surface area contributed by atoms with Crippen molar-refractivity contribution in [3.8, 4) is 0 Å². The molecule has 2 aromatic heterocycles. The lowest BCUT2D eigenvalue weighted by Gasteiger charge is -2.31. The third-order valence-electron chi connectivity index (χ3n) is 4.94. The number of rotatable bonds is 3. The molecule has 0 saturated carbocycles. The zero-order valence-electron chi connectivity index (χ0n) is 15.2. The van der Waals surface area contributed by atoms with Crippen LogP contribution in [0.2, 0.25) is 0 Å². The summed E-state index contributed by atoms with van der Waals surface area (Å²) in [6, 6.07) is 8.23. The molecule has 134 valence electrons. The van der Waals surface area contributed by atoms with Crippen LogP contribution >= 0.6 is 23.1 Å². The van der Waals surface area contributed by atoms with Gasteiger partial charge in [0, 0.05) is 22.5 Å². The molecule has 26 heavy (non-hydrogen) atoms. The standard InChI is InChI=1S/C20H21N3OS2/c1-12-13(2)25-18-17(12)19(22-11-21-18)26-14(3)20(24)23-10-6-8-15-7-4-5-9-16(15)23/h4-5,7,9,11,14H,6,8,10H2,1-3H3. The fraction of sp³-hybridized carbons (Fsp3) is 0.350. The van der Waals surface area contributed by atoms with Gasteiger partial charge >= 0.3 is 0 Å². The summed E-state index contributed by atoms with van der Waals surface area (Å²) in [4.78, 5) is 26.2. The lowest BCUT2D eigenvalue weighted by molar-refractivity contribution is -0.117. The van der Waals surface area contributed by atoms with Gasteiger partial charge in [-0.25, -0.2) is 9.97 Å². The number of carbonyl (C=O) groups excluding carboxylic acids is 1. The number of anilines is 1. The Morgan fingerprint density at radius 3 is 2.92 bits per heavy atom. The largest absolute Gasteiger partial charge is 0.311 e. The van der Waals surface area contributed by atoms with Crippen LogP contribution in [0.25, 0.3) is 10.2 Å². The minimum absolute atomic E-state index is 0.151. The van der Waals surface area contributed by atoms with Crippen LogP contribution in [0.4, 0.5) is 5.69 Å². The molecule has 4 nitrogen and oxygen atoms in total. The molecule has 1 atom stereocenters. The highest BCUT2D eigenvalue weighted by Gasteiger charge is 2.27. The normalized spacial score (nSPS) is 15.1. The molecule has 0 radical (unpaired) electrons. The quantitative estimate of drug-likeness (QED) is 0.483. The Kier molecular flexibility index (Phi) is 4.71. The van der Waals surface area contributed by atoms with Crippen LogP contribution in [0.5, 0.6) is 0 Å². The van der Waals surface area contributed by atoms with Gasteiger partial charge in [-0.1, -0.05) is 30.0 Å². The maximum Gasteiger partial charge on any atom is 0.240 e. The van der Waals surface area contributed by atoms with Gasteiger partial charge in [-0.15, -0.1) is 11.3 Å². The second-order valence-corrected chi connectivity index (χ2v) is 9.16. The van der Waals surface area contributed by atoms with Crippen molar-refractivity contribution in [2.45, 2.75) is 43.9 Å². The maximum absolute atomic E-state index is 13.2. The van der Waals surface area contributed by atoms with Crippen LogP contribution in [0.1, 0.15) is 29.3 Å². The Hall–Kier alpha value is -1.92. The fourth-order valence-corrected chi connectivity index (χ4v) is 5.54. The highest BCUT2D eigenvalue weighted by atomic mass is 32.2. The van der Waals surface area contributed by atoms with Crippen molar-refractivity contribution < 1.29 is 4.79 Å². The fourth-order valence-electron chi connectivity index (χ4n) is 3.44. The molecule has 0 fully saturated rings. The average molecular weight is 384 g/mol. The monoisotopic (exact) mass is 383 g/mol. The summed E-state index contributed by atoms with van der Waals surface area (Å²) in [5, 5.41) is 1.81. The van der Waals surface area contributed by atoms with E-state index in [2.05, 4.69) is 35.9 Å². The topological polar surface area (TPSA) is 46.1 Å². The first kappa shape index (κ1) is 17.5. The molecule has 3 heterocycles. The van der Waals surface area contributed by atoms with Gasteiger partial charge in [0.05, 0.1) is 5.25 Å². The van der Waals surface area contributed by atoms with Crippen LogP contribution in [0.3, 0.4) is 0 Å². The van der Waals surface area contributed by atoms with Crippen molar-refractivity contribution in [2.75, 3.05) is 11.4 Å². The molecule has 1 aliphatic rings. The van der Waals surface area contributed by atoms with E-state index < -0.39 is 0 Å². The van der Waals surface area contributed by atoms with Crippen LogP contribution in [-0.2, 0) is 11.2 Å². The molecule has 0 saturated heterocycles. The predicted molar refractivity (Wildman–Crippen MR) is 109 cm³/mol. The summed E-state index contributed by atoms with van der Waals surface area (Å²) in [5.41, 5.74) is 3.54. The average Bonchev–Trinajstić information content (AvgIpc) is 2.95. The van der Waals surface area contributed by atoms with E-state index in [9.17, 15) is 4.79 Å². The first-order valence-corrected chi connectivity index (χ1v) is 10.5. The molecule has 1 aliphatic heterocycles. The number of benzene rings is 1. The SMILES string of the molecule is Cc1sc2ncnc(SC(C)C(=O)N3CCCc4ccccc43)c2c1C. The summed E-state index contributed by atoms with van der Waals surface area (Å²) in [6.07, 6.45) is 3.66. The van der Waals surface area contributed by atoms with Gasteiger partial charge < -0.3 is 4.90 Å². The molecule has 0 spiro atoms. The van der Waals surface area contributed by atoms with Crippen molar-refractivity contribution in [2.24, 2.45) is 0 Å². The number of aryl methyl sites for hydroxylation is 3. The molecule has 0 bridgehead atoms. The first-order chi connectivity index (χ1) is 12.6. The number of para-hydroxylation sites is 1. The van der Waals surface area contributed by atoms with Gasteiger partial charge in [-0.05, 0) is 50.8 Å². The zero-order valence-corrected chi connectivity index (χ0v) is 16.8. The van der Waals surface area contributed by atoms with E-state index in [1.54, 1.807) is 29.4 Å². The van der Waals surface area contributed by atoms with Crippen LogP contribution < -0.4 is 4.90 Å². The van der Waals surface area contributed by atoms with E-state index in [1.807, 2.05) is 24.0 Å². The Bertz CT molecular complexity index is 982. The van der Waals surface area contributed by atoms with E-state index in [-0.39, 0.29) is 11.2 Å². The molecule has 4 rings (SSSR count). The van der Waals surface area contributed by atoms with E-state index in [4.69, 9.17) is 0 Å². The molecular formula is C20H21N3OS2. The predicted octanol–water partition coefficient (Wildman–Crippen LogP) is 4.77. The first-order valence-electron chi connectivity index (χ1n) is 8.83. The maximum atomic E-state index is 13.2. The molecule has 1 aromatic carbocycles. The molecule has 1 unspecified atom stereocenters. The smallest absolute Gasteiger partial charge is 0.240 e. The third kappa shape index (κ3) is 3.01. The third-order valence-corrected chi connectivity index (χ3v) is 7.15. The summed E-state index contributed by atoms with van der Waals surface area (Å²) in [6.45, 7) is 6.98. The molecule has 0 N–H and O–H groups in total. The highest BCUT2D eigenvalue weighted by Crippen LogP contribution is 2.37. The summed E-state index contributed by atoms with van der Waals surface area (Å²) in [5.74, 6) is 0.151. The number of carbonyl (C=O) groups is 1. The van der Waals surface area contributed by atoms with Gasteiger partial charge in [-0.2, -0.15) is 0 Å². The molecular weight excluding hydrogens is 362 g/mol. The number of thioether (sulfide) groups is 1. The van der Waals surface area contributed by atoms with Gasteiger partial charge in [0.2, 0.25) is 5.91 Å². The second-order valence-electron chi connectivity index (χ2n) is 6.62. The molecule has 3 aromatic rings. The van der Waals surface area contributed by atoms with Crippen molar-refractivity contribution in [3.05, 3.63) is 46.6 Å². The van der Waals surface area contributed by atoms with Crippen LogP contribution in [-0.4, -0.2) is 27.7 Å².